The van der Waals surface area contributed by atoms with Gasteiger partial charge in [0, 0.05) is 28.8 Å². The molecule has 0 spiro atoms. The molecule has 0 saturated heterocycles. The van der Waals surface area contributed by atoms with Crippen molar-refractivity contribution < 1.29 is 19.0 Å². The molecule has 0 atom stereocenters. The van der Waals surface area contributed by atoms with E-state index in [1.807, 2.05) is 18.2 Å². The van der Waals surface area contributed by atoms with Gasteiger partial charge in [0.25, 0.3) is 0 Å². The monoisotopic (exact) mass is 380 g/mol. The molecule has 1 saturated carbocycles. The first-order valence-corrected chi connectivity index (χ1v) is 9.39. The van der Waals surface area contributed by atoms with Crippen molar-refractivity contribution in [2.45, 2.75) is 31.6 Å². The Bertz CT molecular complexity index is 1030. The van der Waals surface area contributed by atoms with Crippen molar-refractivity contribution >= 4 is 16.9 Å². The fraction of sp³-hybridized carbons (Fsp3) is 0.318. The Morgan fingerprint density at radius 3 is 2.68 bits per heavy atom. The first kappa shape index (κ1) is 18.3. The third kappa shape index (κ3) is 3.42. The van der Waals surface area contributed by atoms with Crippen LogP contribution in [0.2, 0.25) is 0 Å². The van der Waals surface area contributed by atoms with Crippen LogP contribution in [0.15, 0.2) is 42.6 Å². The van der Waals surface area contributed by atoms with Crippen molar-refractivity contribution in [1.82, 2.24) is 9.97 Å². The third-order valence-corrected chi connectivity index (χ3v) is 5.52. The summed E-state index contributed by atoms with van der Waals surface area (Å²) in [5, 5.41) is 10.2. The summed E-state index contributed by atoms with van der Waals surface area (Å²) >= 11 is 0. The topological polar surface area (TPSA) is 72.3 Å². The van der Waals surface area contributed by atoms with Crippen molar-refractivity contribution in [3.8, 4) is 17.0 Å². The lowest BCUT2D eigenvalue weighted by Gasteiger charge is -2.26. The minimum Gasteiger partial charge on any atom is -0.496 e. The first-order valence-electron chi connectivity index (χ1n) is 9.39. The van der Waals surface area contributed by atoms with Crippen molar-refractivity contribution in [1.29, 1.82) is 0 Å². The Hall–Kier alpha value is -3.02. The Labute approximate surface area is 162 Å². The summed E-state index contributed by atoms with van der Waals surface area (Å²) in [5.74, 6) is -0.652. The highest BCUT2D eigenvalue weighted by Crippen LogP contribution is 2.39. The number of fused-ring (bicyclic) bond motifs is 1. The lowest BCUT2D eigenvalue weighted by molar-refractivity contribution is -0.142. The molecule has 0 amide bonds. The number of hydrogen-bond donors (Lipinski definition) is 1. The van der Waals surface area contributed by atoms with Crippen molar-refractivity contribution in [2.24, 2.45) is 5.92 Å². The maximum absolute atomic E-state index is 14.0. The number of aromatic nitrogens is 2. The van der Waals surface area contributed by atoms with E-state index >= 15 is 0 Å². The smallest absolute Gasteiger partial charge is 0.306 e. The molecule has 6 heteroatoms. The Morgan fingerprint density at radius 2 is 1.96 bits per heavy atom. The predicted octanol–water partition coefficient (Wildman–Crippen LogP) is 4.80. The van der Waals surface area contributed by atoms with Gasteiger partial charge in [-0.2, -0.15) is 0 Å². The van der Waals surface area contributed by atoms with E-state index in [0.717, 1.165) is 23.9 Å². The number of pyridine rings is 2. The van der Waals surface area contributed by atoms with Gasteiger partial charge >= 0.3 is 5.97 Å². The number of ether oxygens (including phenoxy) is 1. The molecule has 5 nitrogen and oxygen atoms in total. The molecular weight excluding hydrogens is 359 g/mol. The second-order valence-corrected chi connectivity index (χ2v) is 7.20. The summed E-state index contributed by atoms with van der Waals surface area (Å²) in [6.07, 6.45) is 4.53. The molecular formula is C22H21FN2O3. The molecule has 28 heavy (non-hydrogen) atoms. The van der Waals surface area contributed by atoms with Gasteiger partial charge in [-0.05, 0) is 56.0 Å². The molecule has 1 aliphatic rings. The third-order valence-electron chi connectivity index (χ3n) is 5.52. The van der Waals surface area contributed by atoms with Gasteiger partial charge in [-0.1, -0.05) is 6.07 Å². The number of nitrogens with zero attached hydrogens (tertiary/aromatic N) is 2. The van der Waals surface area contributed by atoms with Crippen LogP contribution in [0.3, 0.4) is 0 Å². The lowest BCUT2D eigenvalue weighted by Crippen LogP contribution is -2.21. The second kappa shape index (κ2) is 7.54. The zero-order chi connectivity index (χ0) is 19.7. The van der Waals surface area contributed by atoms with Crippen molar-refractivity contribution in [2.75, 3.05) is 7.11 Å². The molecule has 2 heterocycles. The SMILES string of the molecule is COc1ccc(F)cc1-c1nc(C2CCC(C(=O)O)CC2)cc2cccnc12. The molecule has 0 radical (unpaired) electrons. The summed E-state index contributed by atoms with van der Waals surface area (Å²) < 4.78 is 19.4. The molecule has 1 N–H and O–H groups in total. The quantitative estimate of drug-likeness (QED) is 0.704. The van der Waals surface area contributed by atoms with Crippen LogP contribution in [0.25, 0.3) is 22.2 Å². The number of rotatable bonds is 4. The average molecular weight is 380 g/mol. The predicted molar refractivity (Wildman–Crippen MR) is 104 cm³/mol. The van der Waals surface area contributed by atoms with Gasteiger partial charge in [0.2, 0.25) is 0 Å². The van der Waals surface area contributed by atoms with E-state index in [0.29, 0.717) is 35.4 Å². The van der Waals surface area contributed by atoms with Crippen molar-refractivity contribution in [3.63, 3.8) is 0 Å². The maximum Gasteiger partial charge on any atom is 0.306 e. The number of carbonyl (C=O) groups is 1. The lowest BCUT2D eigenvalue weighted by atomic mass is 9.80. The maximum atomic E-state index is 14.0. The number of carboxylic acids is 1. The molecule has 1 aliphatic carbocycles. The minimum absolute atomic E-state index is 0.179. The van der Waals surface area contributed by atoms with E-state index < -0.39 is 5.97 Å². The van der Waals surface area contributed by atoms with Gasteiger partial charge in [0.05, 0.1) is 18.5 Å². The molecule has 1 fully saturated rings. The van der Waals surface area contributed by atoms with Gasteiger partial charge in [-0.25, -0.2) is 4.39 Å². The van der Waals surface area contributed by atoms with Crippen LogP contribution in [0.5, 0.6) is 5.75 Å². The highest BCUT2D eigenvalue weighted by molar-refractivity contribution is 5.93. The average Bonchev–Trinajstić information content (AvgIpc) is 2.73. The molecule has 144 valence electrons. The van der Waals surface area contributed by atoms with Gasteiger partial charge < -0.3 is 9.84 Å². The van der Waals surface area contributed by atoms with Gasteiger partial charge in [-0.15, -0.1) is 0 Å². The van der Waals surface area contributed by atoms with Crippen LogP contribution in [0.4, 0.5) is 4.39 Å². The van der Waals surface area contributed by atoms with E-state index in [9.17, 15) is 14.3 Å². The molecule has 0 aliphatic heterocycles. The van der Waals surface area contributed by atoms with Crippen LogP contribution in [0, 0.1) is 11.7 Å². The summed E-state index contributed by atoms with van der Waals surface area (Å²) in [4.78, 5) is 20.6. The summed E-state index contributed by atoms with van der Waals surface area (Å²) in [6, 6.07) is 10.2. The van der Waals surface area contributed by atoms with Crippen LogP contribution >= 0.6 is 0 Å². The molecule has 2 aromatic heterocycles. The van der Waals surface area contributed by atoms with Crippen LogP contribution in [-0.2, 0) is 4.79 Å². The van der Waals surface area contributed by atoms with Gasteiger partial charge in [0.15, 0.2) is 0 Å². The number of halogens is 1. The standard InChI is InChI=1S/C22H21FN2O3/c1-28-19-9-8-16(23)12-17(19)21-20-15(3-2-10-24-20)11-18(25-21)13-4-6-14(7-5-13)22(26)27/h2-3,8-14H,4-7H2,1H3,(H,26,27). The number of aliphatic carboxylic acids is 1. The van der Waals surface area contributed by atoms with E-state index in [1.165, 1.54) is 12.1 Å². The Balaban J connectivity index is 1.81. The minimum atomic E-state index is -0.723. The zero-order valence-corrected chi connectivity index (χ0v) is 15.6. The zero-order valence-electron chi connectivity index (χ0n) is 15.6. The molecule has 0 bridgehead atoms. The molecule has 1 aromatic carbocycles. The normalized spacial score (nSPS) is 19.5. The van der Waals surface area contributed by atoms with E-state index in [2.05, 4.69) is 4.98 Å². The summed E-state index contributed by atoms with van der Waals surface area (Å²) in [5.41, 5.74) is 2.73. The van der Waals surface area contributed by atoms with E-state index in [-0.39, 0.29) is 17.7 Å². The molecule has 3 aromatic rings. The summed E-state index contributed by atoms with van der Waals surface area (Å²) in [6.45, 7) is 0. The fourth-order valence-electron chi connectivity index (χ4n) is 4.00. The van der Waals surface area contributed by atoms with Gasteiger partial charge in [-0.3, -0.25) is 14.8 Å². The number of benzene rings is 1. The second-order valence-electron chi connectivity index (χ2n) is 7.20. The van der Waals surface area contributed by atoms with Crippen molar-refractivity contribution in [3.05, 3.63) is 54.1 Å². The van der Waals surface area contributed by atoms with E-state index in [4.69, 9.17) is 9.72 Å². The number of carboxylic acid groups (broad SMARTS) is 1. The first-order chi connectivity index (χ1) is 13.6. The number of hydrogen-bond acceptors (Lipinski definition) is 4. The summed E-state index contributed by atoms with van der Waals surface area (Å²) in [7, 11) is 1.55. The van der Waals surface area contributed by atoms with Gasteiger partial charge in [0.1, 0.15) is 17.3 Å². The highest BCUT2D eigenvalue weighted by atomic mass is 19.1. The largest absolute Gasteiger partial charge is 0.496 e. The van der Waals surface area contributed by atoms with E-state index in [1.54, 1.807) is 19.4 Å². The Kier molecular flexibility index (Phi) is 4.94. The Morgan fingerprint density at radius 1 is 1.18 bits per heavy atom. The number of methoxy groups -OCH3 is 1. The highest BCUT2D eigenvalue weighted by Gasteiger charge is 2.28. The molecule has 0 unspecified atom stereocenters. The van der Waals surface area contributed by atoms with Crippen LogP contribution in [0.1, 0.15) is 37.3 Å². The van der Waals surface area contributed by atoms with Crippen LogP contribution < -0.4 is 4.74 Å². The fourth-order valence-corrected chi connectivity index (χ4v) is 4.00. The molecule has 4 rings (SSSR count). The van der Waals surface area contributed by atoms with Crippen LogP contribution in [-0.4, -0.2) is 28.2 Å².